The van der Waals surface area contributed by atoms with Crippen LogP contribution < -0.4 is 9.64 Å². The van der Waals surface area contributed by atoms with Crippen molar-refractivity contribution in [3.05, 3.63) is 23.8 Å². The topological polar surface area (TPSA) is 79.3 Å². The van der Waals surface area contributed by atoms with Gasteiger partial charge in [-0.15, -0.1) is 0 Å². The van der Waals surface area contributed by atoms with Crippen molar-refractivity contribution in [3.63, 3.8) is 0 Å². The quantitative estimate of drug-likeness (QED) is 0.845. The molecule has 7 heteroatoms. The minimum atomic E-state index is -0.348. The second-order valence-corrected chi connectivity index (χ2v) is 7.25. The summed E-state index contributed by atoms with van der Waals surface area (Å²) in [5, 5.41) is 9.75. The number of hydrogen-bond donors (Lipinski definition) is 1. The molecule has 0 radical (unpaired) electrons. The fraction of sp³-hybridized carbons (Fsp3) is 0.556. The van der Waals surface area contributed by atoms with Crippen molar-refractivity contribution in [3.8, 4) is 5.75 Å². The average molecular weight is 346 g/mol. The third-order valence-electron chi connectivity index (χ3n) is 5.54. The maximum atomic E-state index is 12.8. The molecule has 3 heterocycles. The fourth-order valence-corrected chi connectivity index (χ4v) is 3.97. The van der Waals surface area contributed by atoms with Gasteiger partial charge in [0.15, 0.2) is 6.61 Å². The number of anilines is 1. The molecule has 0 saturated carbocycles. The summed E-state index contributed by atoms with van der Waals surface area (Å²) in [6.07, 6.45) is 0. The van der Waals surface area contributed by atoms with E-state index >= 15 is 0 Å². The predicted octanol–water partition coefficient (Wildman–Crippen LogP) is 0.188. The summed E-state index contributed by atoms with van der Waals surface area (Å²) in [5.74, 6) is 0.462. The van der Waals surface area contributed by atoms with Gasteiger partial charge < -0.3 is 19.5 Å². The molecule has 1 aromatic rings. The van der Waals surface area contributed by atoms with Crippen molar-refractivity contribution in [2.75, 3.05) is 51.0 Å². The molecule has 0 unspecified atom stereocenters. The fourth-order valence-electron chi connectivity index (χ4n) is 3.97. The standard InChI is InChI=1S/C18H22N2O5/c1-12-2-3-15-14(4-12)20(17(23)8-25-15)6-16(22)19-5-13-7-24-11-18(13,9-19)10-21/h2-4,13,21H,5-11H2,1H3/t13-,18-/m0/s1. The first kappa shape index (κ1) is 16.4. The van der Waals surface area contributed by atoms with Gasteiger partial charge in [-0.25, -0.2) is 0 Å². The van der Waals surface area contributed by atoms with Crippen molar-refractivity contribution in [2.45, 2.75) is 6.92 Å². The second-order valence-electron chi connectivity index (χ2n) is 7.25. The summed E-state index contributed by atoms with van der Waals surface area (Å²) in [7, 11) is 0. The Bertz CT molecular complexity index is 721. The molecule has 0 spiro atoms. The smallest absolute Gasteiger partial charge is 0.265 e. The summed E-state index contributed by atoms with van der Waals surface area (Å²) >= 11 is 0. The van der Waals surface area contributed by atoms with E-state index in [-0.39, 0.29) is 42.9 Å². The molecule has 2 amide bonds. The monoisotopic (exact) mass is 346 g/mol. The van der Waals surface area contributed by atoms with Crippen molar-refractivity contribution in [1.82, 2.24) is 4.90 Å². The van der Waals surface area contributed by atoms with Crippen LogP contribution in [0.4, 0.5) is 5.69 Å². The van der Waals surface area contributed by atoms with Crippen molar-refractivity contribution < 1.29 is 24.2 Å². The van der Waals surface area contributed by atoms with E-state index in [4.69, 9.17) is 9.47 Å². The lowest BCUT2D eigenvalue weighted by molar-refractivity contribution is -0.132. The molecule has 134 valence electrons. The molecular weight excluding hydrogens is 324 g/mol. The molecule has 2 fully saturated rings. The summed E-state index contributed by atoms with van der Waals surface area (Å²) < 4.78 is 10.9. The SMILES string of the molecule is Cc1ccc2c(c1)N(CC(=O)N1C[C@H]3COC[C@@]3(CO)C1)C(=O)CO2. The first-order valence-electron chi connectivity index (χ1n) is 8.53. The Hall–Kier alpha value is -2.12. The Kier molecular flexibility index (Phi) is 3.92. The van der Waals surface area contributed by atoms with Gasteiger partial charge in [-0.1, -0.05) is 6.07 Å². The maximum absolute atomic E-state index is 12.8. The molecular formula is C18H22N2O5. The Morgan fingerprint density at radius 3 is 3.04 bits per heavy atom. The third-order valence-corrected chi connectivity index (χ3v) is 5.54. The largest absolute Gasteiger partial charge is 0.482 e. The van der Waals surface area contributed by atoms with Gasteiger partial charge >= 0.3 is 0 Å². The van der Waals surface area contributed by atoms with E-state index in [1.54, 1.807) is 4.90 Å². The summed E-state index contributed by atoms with van der Waals surface area (Å²) in [4.78, 5) is 28.4. The molecule has 4 rings (SSSR count). The number of carbonyl (C=O) groups is 2. The van der Waals surface area contributed by atoms with Gasteiger partial charge in [0.2, 0.25) is 5.91 Å². The molecule has 0 aliphatic carbocycles. The lowest BCUT2D eigenvalue weighted by Crippen LogP contribution is -2.46. The zero-order chi connectivity index (χ0) is 17.6. The summed E-state index contributed by atoms with van der Waals surface area (Å²) in [6, 6.07) is 5.61. The van der Waals surface area contributed by atoms with Crippen LogP contribution in [0, 0.1) is 18.3 Å². The highest BCUT2D eigenvalue weighted by molar-refractivity contribution is 6.02. The van der Waals surface area contributed by atoms with Crippen LogP contribution in [-0.2, 0) is 14.3 Å². The molecule has 1 aromatic carbocycles. The maximum Gasteiger partial charge on any atom is 0.265 e. The van der Waals surface area contributed by atoms with E-state index in [2.05, 4.69) is 0 Å². The van der Waals surface area contributed by atoms with E-state index in [1.807, 2.05) is 25.1 Å². The van der Waals surface area contributed by atoms with E-state index < -0.39 is 0 Å². The van der Waals surface area contributed by atoms with Crippen LogP contribution in [0.3, 0.4) is 0 Å². The summed E-state index contributed by atoms with van der Waals surface area (Å²) in [6.45, 7) is 3.99. The van der Waals surface area contributed by atoms with Gasteiger partial charge in [0, 0.05) is 24.4 Å². The number of fused-ring (bicyclic) bond motifs is 2. The molecule has 25 heavy (non-hydrogen) atoms. The van der Waals surface area contributed by atoms with Crippen LogP contribution >= 0.6 is 0 Å². The van der Waals surface area contributed by atoms with Crippen LogP contribution in [-0.4, -0.2) is 67.9 Å². The van der Waals surface area contributed by atoms with Gasteiger partial charge in [0.05, 0.1) is 25.5 Å². The molecule has 3 aliphatic rings. The number of aliphatic hydroxyl groups is 1. The lowest BCUT2D eigenvalue weighted by atomic mass is 9.82. The van der Waals surface area contributed by atoms with Gasteiger partial charge in [0.1, 0.15) is 12.3 Å². The van der Waals surface area contributed by atoms with Crippen LogP contribution in [0.15, 0.2) is 18.2 Å². The van der Waals surface area contributed by atoms with Gasteiger partial charge in [-0.05, 0) is 24.6 Å². The molecule has 2 saturated heterocycles. The number of aryl methyl sites for hydroxylation is 1. The number of nitrogens with zero attached hydrogens (tertiary/aromatic N) is 2. The minimum Gasteiger partial charge on any atom is -0.482 e. The summed E-state index contributed by atoms with van der Waals surface area (Å²) in [5.41, 5.74) is 1.30. The lowest BCUT2D eigenvalue weighted by Gasteiger charge is -2.31. The van der Waals surface area contributed by atoms with E-state index in [0.29, 0.717) is 37.7 Å². The van der Waals surface area contributed by atoms with Crippen molar-refractivity contribution in [2.24, 2.45) is 11.3 Å². The first-order chi connectivity index (χ1) is 12.0. The average Bonchev–Trinajstić information content (AvgIpc) is 3.15. The number of ether oxygens (including phenoxy) is 2. The molecule has 2 atom stereocenters. The number of likely N-dealkylation sites (tertiary alicyclic amines) is 1. The van der Waals surface area contributed by atoms with E-state index in [1.165, 1.54) is 4.90 Å². The highest BCUT2D eigenvalue weighted by Crippen LogP contribution is 2.41. The Morgan fingerprint density at radius 1 is 1.44 bits per heavy atom. The Balaban J connectivity index is 1.52. The van der Waals surface area contributed by atoms with Gasteiger partial charge in [-0.3, -0.25) is 14.5 Å². The highest BCUT2D eigenvalue weighted by Gasteiger charge is 2.51. The number of benzene rings is 1. The zero-order valence-corrected chi connectivity index (χ0v) is 14.2. The zero-order valence-electron chi connectivity index (χ0n) is 14.2. The first-order valence-corrected chi connectivity index (χ1v) is 8.53. The molecule has 0 bridgehead atoms. The number of aliphatic hydroxyl groups excluding tert-OH is 1. The molecule has 7 nitrogen and oxygen atoms in total. The Morgan fingerprint density at radius 2 is 2.28 bits per heavy atom. The predicted molar refractivity (Wildman–Crippen MR) is 89.4 cm³/mol. The number of rotatable bonds is 3. The van der Waals surface area contributed by atoms with Crippen LogP contribution in [0.2, 0.25) is 0 Å². The van der Waals surface area contributed by atoms with E-state index in [0.717, 1.165) is 5.56 Å². The van der Waals surface area contributed by atoms with Gasteiger partial charge in [-0.2, -0.15) is 0 Å². The van der Waals surface area contributed by atoms with E-state index in [9.17, 15) is 14.7 Å². The van der Waals surface area contributed by atoms with Crippen molar-refractivity contribution >= 4 is 17.5 Å². The van der Waals surface area contributed by atoms with Crippen LogP contribution in [0.5, 0.6) is 5.75 Å². The van der Waals surface area contributed by atoms with Crippen molar-refractivity contribution in [1.29, 1.82) is 0 Å². The highest BCUT2D eigenvalue weighted by atomic mass is 16.5. The second kappa shape index (κ2) is 6.00. The Labute approximate surface area is 146 Å². The molecule has 1 N–H and O–H groups in total. The van der Waals surface area contributed by atoms with Crippen LogP contribution in [0.1, 0.15) is 5.56 Å². The van der Waals surface area contributed by atoms with Crippen LogP contribution in [0.25, 0.3) is 0 Å². The third kappa shape index (κ3) is 2.67. The number of hydrogen-bond acceptors (Lipinski definition) is 5. The normalized spacial score (nSPS) is 27.9. The minimum absolute atomic E-state index is 0.00622. The molecule has 3 aliphatic heterocycles. The van der Waals surface area contributed by atoms with Gasteiger partial charge in [0.25, 0.3) is 5.91 Å². The molecule has 0 aromatic heterocycles. The number of carbonyl (C=O) groups excluding carboxylic acids is 2. The number of amides is 2.